The number of carboxylic acid groups (broad SMARTS) is 2. The van der Waals surface area contributed by atoms with Gasteiger partial charge < -0.3 is 25.5 Å². The zero-order chi connectivity index (χ0) is 61.4. The van der Waals surface area contributed by atoms with Gasteiger partial charge in [-0.05, 0) is 178 Å². The maximum atomic E-state index is 13.4. The second-order valence-corrected chi connectivity index (χ2v) is 26.9. The summed E-state index contributed by atoms with van der Waals surface area (Å²) in [7, 11) is 0. The Bertz CT molecular complexity index is 2930. The number of non-ortho nitro benzene ring substituents is 2. The lowest BCUT2D eigenvalue weighted by molar-refractivity contribution is -0.393. The summed E-state index contributed by atoms with van der Waals surface area (Å²) >= 11 is 0. The molecule has 0 radical (unpaired) electrons. The first-order valence-electron chi connectivity index (χ1n) is 30.0. The van der Waals surface area contributed by atoms with E-state index >= 15 is 0 Å². The third kappa shape index (κ3) is 12.0. The van der Waals surface area contributed by atoms with Crippen molar-refractivity contribution in [1.82, 2.24) is 0 Å². The molecule has 460 valence electrons. The van der Waals surface area contributed by atoms with E-state index in [1.807, 2.05) is 6.92 Å². The number of carboxylic acids is 2. The zero-order valence-electron chi connectivity index (χ0n) is 49.0. The number of aliphatic hydroxyl groups excluding tert-OH is 2. The number of hydrogen-bond donors (Lipinski definition) is 7. The van der Waals surface area contributed by atoms with Crippen molar-refractivity contribution in [3.8, 4) is 0 Å². The van der Waals surface area contributed by atoms with Crippen LogP contribution in [0.25, 0.3) is 0 Å². The van der Waals surface area contributed by atoms with Crippen LogP contribution in [0.15, 0.2) is 46.6 Å². The lowest BCUT2D eigenvalue weighted by atomic mass is 9.49. The number of carbonyl (C=O) groups excluding carboxylic acids is 1. The molecule has 9 rings (SSSR count). The molecule has 0 bridgehead atoms. The van der Waals surface area contributed by atoms with Crippen LogP contribution >= 0.6 is 0 Å². The molecule has 2 aromatic rings. The summed E-state index contributed by atoms with van der Waals surface area (Å²) in [5.74, 6) is 0.452. The Labute approximate surface area is 488 Å². The molecule has 0 aliphatic heterocycles. The standard InChI is InChI=1S/2C30H42N4O8/c1-17(4-9-26(36)37)20-6-7-21-27-22(11-12-28(20,21)2)29(3)13-10-19(35)15-30(29,38)23(27)16-31-32-24-8-5-18(33(39)40)14-25(24)34(41)42;1-18(4-9-28(37)38)22-6-7-23-21(12-15-31-32-25-8-5-19(33(39)40)16-26(25)34(41)42)24(11-14-29(22,23)2)30(3)13-10-20(35)17-27(30)36/h5,8,14,16-17,19-23,27,32,35,38H,4,6-7,9-13,15H2,1-3H3,(H,36,37);5,8,15-16,18,20-24,32,35H,4,6-7,9-14,17H2,1-3H3,(H,37,38)/b31-16+;/t17-,19+,20-,21?,22?,23-,27?,28-,29-,30-;18-,20+,21?,22-,23?,24?,29-,30-/m11/s1. The Morgan fingerprint density at radius 1 is 0.655 bits per heavy atom. The van der Waals surface area contributed by atoms with Crippen molar-refractivity contribution >= 4 is 64.3 Å². The molecule has 18 atom stereocenters. The monoisotopic (exact) mass is 1170 g/mol. The van der Waals surface area contributed by atoms with E-state index < -0.39 is 83.3 Å². The average molecular weight is 1170 g/mol. The van der Waals surface area contributed by atoms with Crippen LogP contribution in [0.5, 0.6) is 0 Å². The molecule has 7 saturated carbocycles. The van der Waals surface area contributed by atoms with Crippen molar-refractivity contribution in [2.24, 2.45) is 97.0 Å². The van der Waals surface area contributed by atoms with Crippen molar-refractivity contribution in [2.45, 2.75) is 181 Å². The van der Waals surface area contributed by atoms with Gasteiger partial charge in [-0.15, -0.1) is 0 Å². The molecule has 0 amide bonds. The second-order valence-electron chi connectivity index (χ2n) is 26.9. The van der Waals surface area contributed by atoms with E-state index in [9.17, 15) is 80.4 Å². The van der Waals surface area contributed by atoms with Crippen molar-refractivity contribution < 1.29 is 59.6 Å². The van der Waals surface area contributed by atoms with Crippen molar-refractivity contribution in [3.63, 3.8) is 0 Å². The minimum absolute atomic E-state index is 0.00883. The summed E-state index contributed by atoms with van der Waals surface area (Å²) in [6.07, 6.45) is 14.8. The van der Waals surface area contributed by atoms with Gasteiger partial charge >= 0.3 is 23.3 Å². The molecule has 7 aliphatic carbocycles. The summed E-state index contributed by atoms with van der Waals surface area (Å²) in [4.78, 5) is 78.5. The fourth-order valence-electron chi connectivity index (χ4n) is 18.6. The number of nitrogens with zero attached hydrogens (tertiary/aromatic N) is 6. The number of benzene rings is 2. The van der Waals surface area contributed by atoms with Crippen LogP contribution in [0, 0.1) is 127 Å². The van der Waals surface area contributed by atoms with E-state index in [2.05, 4.69) is 55.7 Å². The third-order valence-electron chi connectivity index (χ3n) is 23.0. The Morgan fingerprint density at radius 3 is 1.67 bits per heavy atom. The number of rotatable bonds is 20. The van der Waals surface area contributed by atoms with E-state index in [4.69, 9.17) is 0 Å². The minimum atomic E-state index is -1.22. The van der Waals surface area contributed by atoms with Gasteiger partial charge in [-0.1, -0.05) is 41.5 Å². The van der Waals surface area contributed by atoms with Gasteiger partial charge in [0, 0.05) is 67.0 Å². The Hall–Kier alpha value is -6.53. The highest BCUT2D eigenvalue weighted by Crippen LogP contribution is 2.73. The Kier molecular flexibility index (Phi) is 18.8. The van der Waals surface area contributed by atoms with Crippen molar-refractivity contribution in [1.29, 1.82) is 0 Å². The average Bonchev–Trinajstić information content (AvgIpc) is 1.54. The van der Waals surface area contributed by atoms with Crippen molar-refractivity contribution in [2.75, 3.05) is 10.9 Å². The molecule has 84 heavy (non-hydrogen) atoms. The van der Waals surface area contributed by atoms with Crippen LogP contribution in [-0.4, -0.2) is 93.2 Å². The Balaban J connectivity index is 0.000000219. The highest BCUT2D eigenvalue weighted by Gasteiger charge is 2.72. The smallest absolute Gasteiger partial charge is 0.303 e. The SMILES string of the molecule is C[C@H](CCC(=O)O)[C@H]1CCC2C(CC=NNc3ccc([N+](=O)[O-])cc3[N+](=O)[O-])C([C@@]3(C)CC[C@H](O)CC3=O)CC[C@@]21C.C[C@H](CCC(=O)O)[C@H]1CCC2C3C(CC[C@@]21C)[C@@]1(C)CC[C@H](O)C[C@@]1(O)[C@@H]3/C=N/Nc1ccc([N+](=O)[O-])cc1[N+](=O)[O-]. The molecule has 7 N–H and O–H groups in total. The number of anilines is 2. The second kappa shape index (κ2) is 24.8. The molecule has 0 heterocycles. The molecule has 2 aromatic carbocycles. The van der Waals surface area contributed by atoms with Crippen molar-refractivity contribution in [3.05, 3.63) is 76.9 Å². The van der Waals surface area contributed by atoms with E-state index in [1.54, 1.807) is 12.4 Å². The first kappa shape index (κ1) is 63.5. The maximum absolute atomic E-state index is 13.4. The Morgan fingerprint density at radius 2 is 1.15 bits per heavy atom. The number of hydrogen-bond acceptors (Lipinski definition) is 18. The van der Waals surface area contributed by atoms with E-state index in [0.717, 1.165) is 63.5 Å². The van der Waals surface area contributed by atoms with Gasteiger partial charge in [-0.25, -0.2) is 0 Å². The van der Waals surface area contributed by atoms with Gasteiger partial charge in [0.15, 0.2) is 0 Å². The summed E-state index contributed by atoms with van der Waals surface area (Å²) in [6.45, 7) is 13.1. The highest BCUT2D eigenvalue weighted by molar-refractivity contribution is 5.86. The van der Waals surface area contributed by atoms with Gasteiger partial charge in [0.1, 0.15) is 17.2 Å². The van der Waals surface area contributed by atoms with Crippen LogP contribution in [0.2, 0.25) is 0 Å². The number of aliphatic carboxylic acids is 2. The number of nitrogens with one attached hydrogen (secondary N) is 2. The lowest BCUT2D eigenvalue weighted by Crippen LogP contribution is -2.54. The molecule has 24 nitrogen and oxygen atoms in total. The quantitative estimate of drug-likeness (QED) is 0.0368. The predicted octanol–water partition coefficient (Wildman–Crippen LogP) is 11.3. The maximum Gasteiger partial charge on any atom is 0.303 e. The number of Topliss-reactive ketones (excluding diaryl/α,β-unsaturated/α-hetero) is 1. The van der Waals surface area contributed by atoms with Crippen LogP contribution in [-0.2, 0) is 14.4 Å². The summed E-state index contributed by atoms with van der Waals surface area (Å²) in [5, 5.41) is 106. The zero-order valence-corrected chi connectivity index (χ0v) is 49.0. The molecule has 0 spiro atoms. The first-order chi connectivity index (χ1) is 39.5. The predicted molar refractivity (Wildman–Crippen MR) is 311 cm³/mol. The number of hydrazone groups is 2. The molecular weight excluding hydrogens is 1090 g/mol. The molecule has 7 fully saturated rings. The third-order valence-corrected chi connectivity index (χ3v) is 23.0. The minimum Gasteiger partial charge on any atom is -0.481 e. The van der Waals surface area contributed by atoms with E-state index in [-0.39, 0.29) is 101 Å². The van der Waals surface area contributed by atoms with Gasteiger partial charge in [-0.3, -0.25) is 65.7 Å². The molecule has 0 saturated heterocycles. The highest BCUT2D eigenvalue weighted by atomic mass is 16.6. The largest absolute Gasteiger partial charge is 0.481 e. The van der Waals surface area contributed by atoms with E-state index in [1.165, 1.54) is 24.3 Å². The van der Waals surface area contributed by atoms with Crippen LogP contribution in [0.1, 0.15) is 164 Å². The number of nitro groups is 4. The van der Waals surface area contributed by atoms with Crippen LogP contribution in [0.3, 0.4) is 0 Å². The van der Waals surface area contributed by atoms with E-state index in [0.29, 0.717) is 62.7 Å². The normalized spacial score (nSPS) is 36.7. The molecular formula is C60H84N8O16. The van der Waals surface area contributed by atoms with Gasteiger partial charge in [0.2, 0.25) is 0 Å². The van der Waals surface area contributed by atoms with Crippen LogP contribution < -0.4 is 10.9 Å². The molecule has 7 aliphatic rings. The van der Waals surface area contributed by atoms with Crippen LogP contribution in [0.4, 0.5) is 34.1 Å². The van der Waals surface area contributed by atoms with Gasteiger partial charge in [0.25, 0.3) is 11.4 Å². The summed E-state index contributed by atoms with van der Waals surface area (Å²) in [6, 6.07) is 6.67. The summed E-state index contributed by atoms with van der Waals surface area (Å²) in [5.41, 5.74) is 1.53. The fourth-order valence-corrected chi connectivity index (χ4v) is 18.6. The topological polar surface area (TPSA) is 374 Å². The number of ketones is 1. The number of fused-ring (bicyclic) bond motifs is 6. The van der Waals surface area contributed by atoms with Gasteiger partial charge in [0.05, 0.1) is 49.6 Å². The summed E-state index contributed by atoms with van der Waals surface area (Å²) < 4.78 is 0. The molecule has 6 unspecified atom stereocenters. The molecule has 24 heteroatoms. The number of nitro benzene ring substituents is 4. The van der Waals surface area contributed by atoms with Gasteiger partial charge in [-0.2, -0.15) is 10.2 Å². The fraction of sp³-hybridized carbons (Fsp3) is 0.717. The lowest BCUT2D eigenvalue weighted by Gasteiger charge is -2.55. The molecule has 0 aromatic heterocycles. The number of aliphatic hydroxyl groups is 3. The number of carbonyl (C=O) groups is 3. The first-order valence-corrected chi connectivity index (χ1v) is 30.0.